The van der Waals surface area contributed by atoms with Crippen LogP contribution in [0.4, 0.5) is 0 Å². The van der Waals surface area contributed by atoms with Crippen molar-refractivity contribution in [2.24, 2.45) is 23.2 Å². The van der Waals surface area contributed by atoms with Gasteiger partial charge in [0.2, 0.25) is 0 Å². The second-order valence-corrected chi connectivity index (χ2v) is 7.66. The zero-order valence-corrected chi connectivity index (χ0v) is 13.9. The van der Waals surface area contributed by atoms with Gasteiger partial charge in [0.05, 0.1) is 6.10 Å². The van der Waals surface area contributed by atoms with Gasteiger partial charge in [0, 0.05) is 0 Å². The minimum Gasteiger partial charge on any atom is -0.393 e. The maximum Gasteiger partial charge on any atom is 0.0573 e. The molecule has 2 saturated carbocycles. The van der Waals surface area contributed by atoms with Crippen LogP contribution in [0, 0.1) is 23.2 Å². The summed E-state index contributed by atoms with van der Waals surface area (Å²) in [5.41, 5.74) is 3.15. The van der Waals surface area contributed by atoms with Crippen LogP contribution in [-0.2, 0) is 0 Å². The molecule has 0 bridgehead atoms. The molecule has 0 unspecified atom stereocenters. The Labute approximate surface area is 125 Å². The van der Waals surface area contributed by atoms with Crippen molar-refractivity contribution in [3.8, 4) is 0 Å². The van der Waals surface area contributed by atoms with Crippen molar-refractivity contribution in [1.82, 2.24) is 0 Å². The van der Waals surface area contributed by atoms with E-state index in [1.165, 1.54) is 36.8 Å². The van der Waals surface area contributed by atoms with Crippen LogP contribution in [0.25, 0.3) is 0 Å². The lowest BCUT2D eigenvalue weighted by atomic mass is 9.62. The summed E-state index contributed by atoms with van der Waals surface area (Å²) in [6.45, 7) is 11.4. The number of rotatable bonds is 3. The zero-order valence-electron chi connectivity index (χ0n) is 13.9. The SMILES string of the molecule is CC(C)=C(C)/C=C/[C@@H](C)[C@H]1CC[C@H]2[C@@H](O)CCC[C@]12C. The molecule has 1 nitrogen and oxygen atoms in total. The van der Waals surface area contributed by atoms with Crippen LogP contribution in [0.2, 0.25) is 0 Å². The fourth-order valence-electron chi connectivity index (χ4n) is 4.65. The van der Waals surface area contributed by atoms with Gasteiger partial charge in [-0.15, -0.1) is 0 Å². The van der Waals surface area contributed by atoms with E-state index in [9.17, 15) is 5.11 Å². The van der Waals surface area contributed by atoms with Crippen molar-refractivity contribution in [2.75, 3.05) is 0 Å². The lowest BCUT2D eigenvalue weighted by molar-refractivity contribution is -0.0231. The van der Waals surface area contributed by atoms with Crippen LogP contribution in [-0.4, -0.2) is 11.2 Å². The molecule has 5 atom stereocenters. The molecule has 1 heteroatoms. The van der Waals surface area contributed by atoms with Gasteiger partial charge in [0.1, 0.15) is 0 Å². The van der Waals surface area contributed by atoms with Gasteiger partial charge in [0.25, 0.3) is 0 Å². The monoisotopic (exact) mass is 276 g/mol. The molecule has 0 aromatic heterocycles. The molecule has 0 saturated heterocycles. The molecule has 0 amide bonds. The fourth-order valence-corrected chi connectivity index (χ4v) is 4.65. The van der Waals surface area contributed by atoms with Gasteiger partial charge >= 0.3 is 0 Å². The van der Waals surface area contributed by atoms with Crippen LogP contribution >= 0.6 is 0 Å². The maximum absolute atomic E-state index is 10.3. The second kappa shape index (κ2) is 6.05. The highest BCUT2D eigenvalue weighted by molar-refractivity contribution is 5.22. The summed E-state index contributed by atoms with van der Waals surface area (Å²) in [6.07, 6.45) is 10.7. The molecule has 0 aromatic rings. The number of aliphatic hydroxyl groups excluding tert-OH is 1. The third-order valence-corrected chi connectivity index (χ3v) is 6.24. The Bertz CT molecular complexity index is 402. The van der Waals surface area contributed by atoms with Crippen LogP contribution in [0.15, 0.2) is 23.3 Å². The van der Waals surface area contributed by atoms with Crippen LogP contribution in [0.5, 0.6) is 0 Å². The number of aliphatic hydroxyl groups is 1. The molecule has 0 aromatic carbocycles. The maximum atomic E-state index is 10.3. The van der Waals surface area contributed by atoms with Gasteiger partial charge in [-0.3, -0.25) is 0 Å². The predicted molar refractivity (Wildman–Crippen MR) is 86.5 cm³/mol. The lowest BCUT2D eigenvalue weighted by Crippen LogP contribution is -2.41. The van der Waals surface area contributed by atoms with Crippen LogP contribution in [0.3, 0.4) is 0 Å². The van der Waals surface area contributed by atoms with Crippen molar-refractivity contribution < 1.29 is 5.11 Å². The quantitative estimate of drug-likeness (QED) is 0.710. The summed E-state index contributed by atoms with van der Waals surface area (Å²) < 4.78 is 0. The van der Waals surface area contributed by atoms with E-state index in [0.717, 1.165) is 12.3 Å². The number of hydrogen-bond acceptors (Lipinski definition) is 1. The van der Waals surface area contributed by atoms with Crippen LogP contribution in [0.1, 0.15) is 66.7 Å². The number of fused-ring (bicyclic) bond motifs is 1. The first-order chi connectivity index (χ1) is 9.36. The largest absolute Gasteiger partial charge is 0.393 e. The molecule has 2 aliphatic carbocycles. The van der Waals surface area contributed by atoms with E-state index in [4.69, 9.17) is 0 Å². The van der Waals surface area contributed by atoms with Gasteiger partial charge in [-0.2, -0.15) is 0 Å². The van der Waals surface area contributed by atoms with Gasteiger partial charge in [-0.05, 0) is 69.6 Å². The smallest absolute Gasteiger partial charge is 0.0573 e. The Morgan fingerprint density at radius 2 is 1.90 bits per heavy atom. The molecule has 1 N–H and O–H groups in total. The summed E-state index contributed by atoms with van der Waals surface area (Å²) in [4.78, 5) is 0. The van der Waals surface area contributed by atoms with E-state index in [1.807, 2.05) is 0 Å². The number of allylic oxidation sites excluding steroid dienone is 4. The third-order valence-electron chi connectivity index (χ3n) is 6.24. The molecule has 2 fully saturated rings. The Morgan fingerprint density at radius 1 is 1.20 bits per heavy atom. The van der Waals surface area contributed by atoms with Crippen molar-refractivity contribution in [2.45, 2.75) is 72.8 Å². The first kappa shape index (κ1) is 15.8. The summed E-state index contributed by atoms with van der Waals surface area (Å²) in [5.74, 6) is 1.90. The van der Waals surface area contributed by atoms with Crippen LogP contribution < -0.4 is 0 Å². The summed E-state index contributed by atoms with van der Waals surface area (Å²) in [5, 5.41) is 10.3. The molecular weight excluding hydrogens is 244 g/mol. The average molecular weight is 276 g/mol. The van der Waals surface area contributed by atoms with Crippen molar-refractivity contribution >= 4 is 0 Å². The summed E-state index contributed by atoms with van der Waals surface area (Å²) in [7, 11) is 0. The minimum atomic E-state index is -0.0468. The van der Waals surface area contributed by atoms with Crippen molar-refractivity contribution in [3.63, 3.8) is 0 Å². The third kappa shape index (κ3) is 2.88. The Morgan fingerprint density at radius 3 is 2.55 bits per heavy atom. The highest BCUT2D eigenvalue weighted by Crippen LogP contribution is 2.57. The molecular formula is C19H32O. The summed E-state index contributed by atoms with van der Waals surface area (Å²) in [6, 6.07) is 0. The van der Waals surface area contributed by atoms with E-state index in [-0.39, 0.29) is 6.10 Å². The van der Waals surface area contributed by atoms with E-state index in [1.54, 1.807) is 0 Å². The Kier molecular flexibility index (Phi) is 4.79. The number of hydrogen-bond donors (Lipinski definition) is 1. The molecule has 20 heavy (non-hydrogen) atoms. The fraction of sp³-hybridized carbons (Fsp3) is 0.789. The zero-order chi connectivity index (χ0) is 14.9. The molecule has 2 aliphatic rings. The van der Waals surface area contributed by atoms with E-state index >= 15 is 0 Å². The molecule has 0 spiro atoms. The van der Waals surface area contributed by atoms with Gasteiger partial charge in [0.15, 0.2) is 0 Å². The standard InChI is InChI=1S/C19H32O/c1-13(2)14(3)8-9-15(4)16-10-11-17-18(20)7-6-12-19(16,17)5/h8-9,15-18,20H,6-7,10-12H2,1-5H3/b9-8+/t15-,16-,17+,18+,19-/m1/s1. The van der Waals surface area contributed by atoms with Gasteiger partial charge < -0.3 is 5.11 Å². The average Bonchev–Trinajstić information content (AvgIpc) is 2.74. The lowest BCUT2D eigenvalue weighted by Gasteiger charge is -2.44. The predicted octanol–water partition coefficient (Wildman–Crippen LogP) is 5.11. The Hall–Kier alpha value is -0.560. The second-order valence-electron chi connectivity index (χ2n) is 7.66. The first-order valence-electron chi connectivity index (χ1n) is 8.36. The first-order valence-corrected chi connectivity index (χ1v) is 8.36. The van der Waals surface area contributed by atoms with E-state index in [0.29, 0.717) is 17.3 Å². The summed E-state index contributed by atoms with van der Waals surface area (Å²) >= 11 is 0. The molecule has 0 aliphatic heterocycles. The molecule has 0 heterocycles. The van der Waals surface area contributed by atoms with Gasteiger partial charge in [-0.25, -0.2) is 0 Å². The van der Waals surface area contributed by atoms with E-state index in [2.05, 4.69) is 46.8 Å². The van der Waals surface area contributed by atoms with Gasteiger partial charge in [-0.1, -0.05) is 43.6 Å². The van der Waals surface area contributed by atoms with Crippen molar-refractivity contribution in [1.29, 1.82) is 0 Å². The topological polar surface area (TPSA) is 20.2 Å². The highest BCUT2D eigenvalue weighted by Gasteiger charge is 2.51. The highest BCUT2D eigenvalue weighted by atomic mass is 16.3. The normalized spacial score (nSPS) is 38.8. The van der Waals surface area contributed by atoms with E-state index < -0.39 is 0 Å². The minimum absolute atomic E-state index is 0.0468. The van der Waals surface area contributed by atoms with Crippen molar-refractivity contribution in [3.05, 3.63) is 23.3 Å². The molecule has 2 rings (SSSR count). The Balaban J connectivity index is 2.11. The molecule has 0 radical (unpaired) electrons. The molecule has 114 valence electrons.